The highest BCUT2D eigenvalue weighted by molar-refractivity contribution is 7.89. The van der Waals surface area contributed by atoms with Gasteiger partial charge in [-0.3, -0.25) is 9.69 Å². The molecule has 30 heavy (non-hydrogen) atoms. The molecule has 0 aromatic heterocycles. The van der Waals surface area contributed by atoms with Gasteiger partial charge in [0.05, 0.1) is 26.9 Å². The average Bonchev–Trinajstić information content (AvgIpc) is 3.26. The first-order valence-corrected chi connectivity index (χ1v) is 11.6. The quantitative estimate of drug-likeness (QED) is 0.585. The van der Waals surface area contributed by atoms with Crippen molar-refractivity contribution < 1.29 is 27.4 Å². The van der Waals surface area contributed by atoms with Crippen molar-refractivity contribution in [2.75, 3.05) is 67.1 Å². The van der Waals surface area contributed by atoms with Crippen molar-refractivity contribution in [3.8, 4) is 11.5 Å². The minimum absolute atomic E-state index is 0.00602. The summed E-state index contributed by atoms with van der Waals surface area (Å²) in [6, 6.07) is 4.70. The molecule has 2 aliphatic heterocycles. The molecule has 0 spiro atoms. The lowest BCUT2D eigenvalue weighted by Crippen LogP contribution is -2.52. The summed E-state index contributed by atoms with van der Waals surface area (Å²) in [5, 5.41) is 0. The highest BCUT2D eigenvalue weighted by Gasteiger charge is 2.32. The molecule has 10 heteroatoms. The molecule has 168 valence electrons. The molecule has 0 radical (unpaired) electrons. The topological polar surface area (TPSA) is 88.6 Å². The average molecular weight is 442 g/mol. The first-order chi connectivity index (χ1) is 14.3. The monoisotopic (exact) mass is 441 g/mol. The van der Waals surface area contributed by atoms with Crippen molar-refractivity contribution in [1.29, 1.82) is 0 Å². The third-order valence-corrected chi connectivity index (χ3v) is 7.44. The summed E-state index contributed by atoms with van der Waals surface area (Å²) < 4.78 is 43.7. The highest BCUT2D eigenvalue weighted by Crippen LogP contribution is 2.31. The van der Waals surface area contributed by atoms with E-state index in [1.807, 2.05) is 11.9 Å². The Balaban J connectivity index is 1.58. The van der Waals surface area contributed by atoms with E-state index >= 15 is 0 Å². The molecule has 0 saturated carbocycles. The SMILES string of the molecule is COc1ccc(OC)c(S(=O)(=O)N2CCN(C(=O)CN(C)CC3CCCO3)CC2)c1. The molecule has 2 saturated heterocycles. The van der Waals surface area contributed by atoms with E-state index in [1.165, 1.54) is 24.6 Å². The number of ether oxygens (including phenoxy) is 3. The van der Waals surface area contributed by atoms with Crippen molar-refractivity contribution in [3.05, 3.63) is 18.2 Å². The molecule has 2 aliphatic rings. The zero-order valence-electron chi connectivity index (χ0n) is 17.9. The normalized spacial score (nSPS) is 20.5. The zero-order chi connectivity index (χ0) is 21.7. The van der Waals surface area contributed by atoms with E-state index in [4.69, 9.17) is 14.2 Å². The molecule has 1 aromatic carbocycles. The van der Waals surface area contributed by atoms with Crippen LogP contribution in [0.2, 0.25) is 0 Å². The summed E-state index contributed by atoms with van der Waals surface area (Å²) in [5.41, 5.74) is 0. The number of hydrogen-bond donors (Lipinski definition) is 0. The van der Waals surface area contributed by atoms with E-state index < -0.39 is 10.0 Å². The first-order valence-electron chi connectivity index (χ1n) is 10.1. The molecule has 1 unspecified atom stereocenters. The predicted molar refractivity (Wildman–Crippen MR) is 111 cm³/mol. The number of carbonyl (C=O) groups is 1. The lowest BCUT2D eigenvalue weighted by molar-refractivity contribution is -0.133. The van der Waals surface area contributed by atoms with Gasteiger partial charge in [0.1, 0.15) is 16.4 Å². The number of sulfonamides is 1. The number of piperazine rings is 1. The molecular weight excluding hydrogens is 410 g/mol. The second kappa shape index (κ2) is 9.95. The fraction of sp³-hybridized carbons (Fsp3) is 0.650. The van der Waals surface area contributed by atoms with Crippen LogP contribution in [0.5, 0.6) is 11.5 Å². The summed E-state index contributed by atoms with van der Waals surface area (Å²) in [4.78, 5) is 16.4. The third kappa shape index (κ3) is 5.23. The molecule has 1 aromatic rings. The molecule has 9 nitrogen and oxygen atoms in total. The van der Waals surface area contributed by atoms with Crippen molar-refractivity contribution in [1.82, 2.24) is 14.1 Å². The van der Waals surface area contributed by atoms with Crippen molar-refractivity contribution in [2.24, 2.45) is 0 Å². The lowest BCUT2D eigenvalue weighted by Gasteiger charge is -2.35. The van der Waals surface area contributed by atoms with Crippen LogP contribution in [-0.2, 0) is 19.6 Å². The van der Waals surface area contributed by atoms with Crippen LogP contribution < -0.4 is 9.47 Å². The second-order valence-corrected chi connectivity index (χ2v) is 9.54. The Kier molecular flexibility index (Phi) is 7.56. The van der Waals surface area contributed by atoms with Crippen LogP contribution in [0.3, 0.4) is 0 Å². The number of benzene rings is 1. The Hall–Kier alpha value is -1.88. The summed E-state index contributed by atoms with van der Waals surface area (Å²) in [7, 11) is 1.07. The zero-order valence-corrected chi connectivity index (χ0v) is 18.7. The molecule has 0 aliphatic carbocycles. The van der Waals surface area contributed by atoms with Gasteiger partial charge in [0.2, 0.25) is 15.9 Å². The summed E-state index contributed by atoms with van der Waals surface area (Å²) in [6.07, 6.45) is 2.30. The number of methoxy groups -OCH3 is 2. The Morgan fingerprint density at radius 1 is 1.20 bits per heavy atom. The lowest BCUT2D eigenvalue weighted by atomic mass is 10.2. The molecular formula is C20H31N3O6S. The van der Waals surface area contributed by atoms with Crippen LogP contribution in [-0.4, -0.2) is 102 Å². The number of hydrogen-bond acceptors (Lipinski definition) is 7. The molecule has 1 amide bonds. The van der Waals surface area contributed by atoms with Gasteiger partial charge in [-0.25, -0.2) is 8.42 Å². The van der Waals surface area contributed by atoms with Crippen LogP contribution in [0.15, 0.2) is 23.1 Å². The first kappa shape index (κ1) is 22.8. The Bertz CT molecular complexity index is 833. The molecule has 2 heterocycles. The Labute approximate surface area is 178 Å². The van der Waals surface area contributed by atoms with Gasteiger partial charge >= 0.3 is 0 Å². The van der Waals surface area contributed by atoms with Crippen molar-refractivity contribution in [2.45, 2.75) is 23.8 Å². The third-order valence-electron chi connectivity index (χ3n) is 5.52. The Morgan fingerprint density at radius 3 is 2.53 bits per heavy atom. The minimum Gasteiger partial charge on any atom is -0.497 e. The van der Waals surface area contributed by atoms with E-state index in [0.717, 1.165) is 26.0 Å². The smallest absolute Gasteiger partial charge is 0.247 e. The Morgan fingerprint density at radius 2 is 1.93 bits per heavy atom. The number of rotatable bonds is 8. The highest BCUT2D eigenvalue weighted by atomic mass is 32.2. The van der Waals surface area contributed by atoms with Gasteiger partial charge in [-0.1, -0.05) is 0 Å². The maximum atomic E-state index is 13.1. The fourth-order valence-electron chi connectivity index (χ4n) is 3.83. The molecule has 1 atom stereocenters. The van der Waals surface area contributed by atoms with Crippen LogP contribution in [0.25, 0.3) is 0 Å². The summed E-state index contributed by atoms with van der Waals surface area (Å²) >= 11 is 0. The minimum atomic E-state index is -3.76. The van der Waals surface area contributed by atoms with Crippen LogP contribution >= 0.6 is 0 Å². The molecule has 0 bridgehead atoms. The van der Waals surface area contributed by atoms with Gasteiger partial charge in [0, 0.05) is 45.4 Å². The van der Waals surface area contributed by atoms with E-state index in [-0.39, 0.29) is 35.7 Å². The predicted octanol–water partition coefficient (Wildman–Crippen LogP) is 0.648. The largest absolute Gasteiger partial charge is 0.497 e. The van der Waals surface area contributed by atoms with Crippen LogP contribution in [0.4, 0.5) is 0 Å². The van der Waals surface area contributed by atoms with Gasteiger partial charge < -0.3 is 19.1 Å². The van der Waals surface area contributed by atoms with Gasteiger partial charge in [0.15, 0.2) is 0 Å². The van der Waals surface area contributed by atoms with Crippen molar-refractivity contribution >= 4 is 15.9 Å². The van der Waals surface area contributed by atoms with E-state index in [2.05, 4.69) is 0 Å². The standard InChI is InChI=1S/C20H31N3O6S/c1-21(14-17-5-4-12-29-17)15-20(24)22-8-10-23(11-9-22)30(25,26)19-13-16(27-2)6-7-18(19)28-3/h6-7,13,17H,4-5,8-12,14-15H2,1-3H3. The number of likely N-dealkylation sites (N-methyl/N-ethyl adjacent to an activating group) is 1. The van der Waals surface area contributed by atoms with Gasteiger partial charge in [-0.05, 0) is 32.0 Å². The molecule has 3 rings (SSSR count). The van der Waals surface area contributed by atoms with Crippen LogP contribution in [0.1, 0.15) is 12.8 Å². The fourth-order valence-corrected chi connectivity index (χ4v) is 5.43. The van der Waals surface area contributed by atoms with E-state index in [9.17, 15) is 13.2 Å². The summed E-state index contributed by atoms with van der Waals surface area (Å²) in [5.74, 6) is 0.717. The number of amides is 1. The second-order valence-electron chi connectivity index (χ2n) is 7.63. The maximum Gasteiger partial charge on any atom is 0.247 e. The number of carbonyl (C=O) groups excluding carboxylic acids is 1. The van der Waals surface area contributed by atoms with Gasteiger partial charge in [0.25, 0.3) is 0 Å². The van der Waals surface area contributed by atoms with Gasteiger partial charge in [-0.2, -0.15) is 4.31 Å². The summed E-state index contributed by atoms with van der Waals surface area (Å²) in [6.45, 7) is 3.02. The van der Waals surface area contributed by atoms with E-state index in [0.29, 0.717) is 25.4 Å². The molecule has 2 fully saturated rings. The van der Waals surface area contributed by atoms with Gasteiger partial charge in [-0.15, -0.1) is 0 Å². The number of nitrogens with zero attached hydrogens (tertiary/aromatic N) is 3. The van der Waals surface area contributed by atoms with E-state index in [1.54, 1.807) is 17.0 Å². The van der Waals surface area contributed by atoms with Crippen molar-refractivity contribution in [3.63, 3.8) is 0 Å². The maximum absolute atomic E-state index is 13.1. The van der Waals surface area contributed by atoms with Crippen LogP contribution in [0, 0.1) is 0 Å². The molecule has 0 N–H and O–H groups in total.